The van der Waals surface area contributed by atoms with Crippen LogP contribution in [0.15, 0.2) is 48.5 Å². The van der Waals surface area contributed by atoms with Crippen molar-refractivity contribution in [2.75, 3.05) is 19.9 Å². The van der Waals surface area contributed by atoms with Gasteiger partial charge >= 0.3 is 6.03 Å². The van der Waals surface area contributed by atoms with Crippen LogP contribution in [0.1, 0.15) is 18.1 Å². The van der Waals surface area contributed by atoms with Crippen molar-refractivity contribution in [3.8, 4) is 11.5 Å². The third-order valence-corrected chi connectivity index (χ3v) is 3.55. The van der Waals surface area contributed by atoms with Crippen LogP contribution in [-0.2, 0) is 6.42 Å². The van der Waals surface area contributed by atoms with Gasteiger partial charge in [-0.05, 0) is 43.5 Å². The van der Waals surface area contributed by atoms with Crippen LogP contribution in [0.4, 0.5) is 4.79 Å². The van der Waals surface area contributed by atoms with Crippen LogP contribution in [0.3, 0.4) is 0 Å². The number of rotatable bonds is 8. The van der Waals surface area contributed by atoms with Gasteiger partial charge in [-0.3, -0.25) is 0 Å². The molecule has 0 aliphatic heterocycles. The third kappa shape index (κ3) is 5.50. The van der Waals surface area contributed by atoms with Crippen molar-refractivity contribution in [2.24, 2.45) is 0 Å². The summed E-state index contributed by atoms with van der Waals surface area (Å²) in [6.45, 7) is 5.20. The zero-order valence-corrected chi connectivity index (χ0v) is 14.2. The first-order valence-electron chi connectivity index (χ1n) is 8.11. The van der Waals surface area contributed by atoms with E-state index in [1.807, 2.05) is 43.3 Å². The fraction of sp³-hybridized carbons (Fsp3) is 0.316. The second kappa shape index (κ2) is 9.45. The van der Waals surface area contributed by atoms with E-state index >= 15 is 0 Å². The van der Waals surface area contributed by atoms with Crippen molar-refractivity contribution in [1.82, 2.24) is 10.6 Å². The van der Waals surface area contributed by atoms with E-state index in [2.05, 4.69) is 29.7 Å². The van der Waals surface area contributed by atoms with Gasteiger partial charge in [-0.2, -0.15) is 0 Å². The summed E-state index contributed by atoms with van der Waals surface area (Å²) in [5.41, 5.74) is 2.47. The predicted molar refractivity (Wildman–Crippen MR) is 94.5 cm³/mol. The van der Waals surface area contributed by atoms with Crippen LogP contribution in [0, 0.1) is 6.92 Å². The minimum Gasteiger partial charge on any atom is -0.490 e. The monoisotopic (exact) mass is 328 g/mol. The highest BCUT2D eigenvalue weighted by molar-refractivity contribution is 5.73. The van der Waals surface area contributed by atoms with E-state index < -0.39 is 0 Å². The van der Waals surface area contributed by atoms with E-state index in [1.165, 1.54) is 11.1 Å². The molecule has 2 aromatic rings. The van der Waals surface area contributed by atoms with Crippen molar-refractivity contribution in [3.63, 3.8) is 0 Å². The molecule has 2 N–H and O–H groups in total. The Bertz CT molecular complexity index is 659. The Morgan fingerprint density at radius 1 is 0.958 bits per heavy atom. The number of urea groups is 1. The Hall–Kier alpha value is -2.69. The van der Waals surface area contributed by atoms with Crippen LogP contribution in [-0.4, -0.2) is 25.9 Å². The van der Waals surface area contributed by atoms with Crippen molar-refractivity contribution in [2.45, 2.75) is 20.3 Å². The Labute approximate surface area is 143 Å². The summed E-state index contributed by atoms with van der Waals surface area (Å²) in [6.07, 6.45) is 0.800. The van der Waals surface area contributed by atoms with Crippen molar-refractivity contribution in [1.29, 1.82) is 0 Å². The summed E-state index contributed by atoms with van der Waals surface area (Å²) in [6, 6.07) is 15.3. The number of hydrogen-bond acceptors (Lipinski definition) is 3. The number of carbonyl (C=O) groups excluding carboxylic acids is 1. The maximum atomic E-state index is 11.8. The molecular formula is C19H24N2O3. The van der Waals surface area contributed by atoms with Crippen molar-refractivity contribution >= 4 is 6.03 Å². The van der Waals surface area contributed by atoms with Gasteiger partial charge in [0.1, 0.15) is 0 Å². The lowest BCUT2D eigenvalue weighted by Gasteiger charge is -2.13. The average molecular weight is 328 g/mol. The molecule has 0 saturated carbocycles. The van der Waals surface area contributed by atoms with Crippen LogP contribution in [0.5, 0.6) is 11.5 Å². The molecule has 2 aromatic carbocycles. The van der Waals surface area contributed by atoms with E-state index in [0.717, 1.165) is 6.42 Å². The largest absolute Gasteiger partial charge is 0.490 e. The van der Waals surface area contributed by atoms with E-state index in [4.69, 9.17) is 9.47 Å². The molecule has 2 rings (SSSR count). The number of carbonyl (C=O) groups is 1. The molecule has 0 heterocycles. The lowest BCUT2D eigenvalue weighted by Crippen LogP contribution is -2.38. The van der Waals surface area contributed by atoms with Crippen molar-refractivity contribution in [3.05, 3.63) is 59.7 Å². The van der Waals surface area contributed by atoms with Gasteiger partial charge in [0, 0.05) is 6.54 Å². The van der Waals surface area contributed by atoms with Gasteiger partial charge < -0.3 is 20.1 Å². The summed E-state index contributed by atoms with van der Waals surface area (Å²) in [5, 5.41) is 5.50. The predicted octanol–water partition coefficient (Wildman–Crippen LogP) is 3.27. The number of hydrogen-bond donors (Lipinski definition) is 2. The second-order valence-corrected chi connectivity index (χ2v) is 5.28. The Morgan fingerprint density at radius 2 is 1.62 bits per heavy atom. The number of amides is 2. The fourth-order valence-corrected chi connectivity index (χ4v) is 2.29. The van der Waals surface area contributed by atoms with E-state index in [1.54, 1.807) is 0 Å². The maximum absolute atomic E-state index is 11.8. The molecule has 0 aromatic heterocycles. The van der Waals surface area contributed by atoms with Crippen LogP contribution < -0.4 is 20.1 Å². The highest BCUT2D eigenvalue weighted by atomic mass is 16.5. The Kier molecular flexibility index (Phi) is 6.95. The lowest BCUT2D eigenvalue weighted by molar-refractivity contribution is 0.220. The van der Waals surface area contributed by atoms with Crippen molar-refractivity contribution < 1.29 is 14.3 Å². The third-order valence-electron chi connectivity index (χ3n) is 3.55. The van der Waals surface area contributed by atoms with E-state index in [0.29, 0.717) is 24.7 Å². The summed E-state index contributed by atoms with van der Waals surface area (Å²) in [4.78, 5) is 11.8. The number of aryl methyl sites for hydroxylation is 1. The Morgan fingerprint density at radius 3 is 2.33 bits per heavy atom. The highest BCUT2D eigenvalue weighted by Gasteiger charge is 2.05. The van der Waals surface area contributed by atoms with E-state index in [9.17, 15) is 4.79 Å². The minimum absolute atomic E-state index is 0.0836. The molecule has 5 nitrogen and oxygen atoms in total. The second-order valence-electron chi connectivity index (χ2n) is 5.28. The maximum Gasteiger partial charge on any atom is 0.317 e. The quantitative estimate of drug-likeness (QED) is 0.731. The zero-order valence-electron chi connectivity index (χ0n) is 14.2. The molecule has 24 heavy (non-hydrogen) atoms. The van der Waals surface area contributed by atoms with Gasteiger partial charge in [0.25, 0.3) is 0 Å². The van der Waals surface area contributed by atoms with Crippen LogP contribution >= 0.6 is 0 Å². The molecule has 2 amide bonds. The minimum atomic E-state index is -0.252. The summed E-state index contributed by atoms with van der Waals surface area (Å²) in [5.74, 6) is 1.28. The Balaban J connectivity index is 1.69. The van der Waals surface area contributed by atoms with Crippen LogP contribution in [0.25, 0.3) is 0 Å². The van der Waals surface area contributed by atoms with Crippen LogP contribution in [0.2, 0.25) is 0 Å². The number of nitrogens with one attached hydrogen (secondary N) is 2. The number of benzene rings is 2. The number of ether oxygens (including phenoxy) is 2. The topological polar surface area (TPSA) is 59.6 Å². The molecule has 128 valence electrons. The fourth-order valence-electron chi connectivity index (χ4n) is 2.29. The first kappa shape index (κ1) is 17.7. The summed E-state index contributed by atoms with van der Waals surface area (Å²) < 4.78 is 11.0. The van der Waals surface area contributed by atoms with Gasteiger partial charge in [-0.1, -0.05) is 36.4 Å². The highest BCUT2D eigenvalue weighted by Crippen LogP contribution is 2.25. The van der Waals surface area contributed by atoms with Gasteiger partial charge in [0.05, 0.1) is 6.61 Å². The smallest absolute Gasteiger partial charge is 0.317 e. The molecule has 0 saturated heterocycles. The standard InChI is InChI=1S/C19H24N2O3/c1-3-23-17-10-6-7-11-18(17)24-14-21-19(22)20-13-12-16-9-5-4-8-15(16)2/h4-11H,3,12-14H2,1-2H3,(H2,20,21,22). The zero-order chi connectivity index (χ0) is 17.2. The van der Waals surface area contributed by atoms with E-state index in [-0.39, 0.29) is 12.8 Å². The molecule has 0 radical (unpaired) electrons. The van der Waals surface area contributed by atoms with Gasteiger partial charge in [-0.15, -0.1) is 0 Å². The summed E-state index contributed by atoms with van der Waals surface area (Å²) in [7, 11) is 0. The van der Waals surface area contributed by atoms with Gasteiger partial charge in [0.2, 0.25) is 0 Å². The van der Waals surface area contributed by atoms with Gasteiger partial charge in [0.15, 0.2) is 18.2 Å². The normalized spacial score (nSPS) is 10.1. The first-order valence-corrected chi connectivity index (χ1v) is 8.11. The molecular weight excluding hydrogens is 304 g/mol. The molecule has 5 heteroatoms. The first-order chi connectivity index (χ1) is 11.7. The molecule has 0 atom stereocenters. The summed E-state index contributed by atoms with van der Waals surface area (Å²) >= 11 is 0. The SMILES string of the molecule is CCOc1ccccc1OCNC(=O)NCCc1ccccc1C. The van der Waals surface area contributed by atoms with Gasteiger partial charge in [-0.25, -0.2) is 4.79 Å². The lowest BCUT2D eigenvalue weighted by atomic mass is 10.1. The average Bonchev–Trinajstić information content (AvgIpc) is 2.58. The molecule has 0 bridgehead atoms. The molecule has 0 fully saturated rings. The molecule has 0 spiro atoms. The molecule has 0 unspecified atom stereocenters. The number of para-hydroxylation sites is 2. The molecule has 0 aliphatic carbocycles. The molecule has 0 aliphatic rings.